The highest BCUT2D eigenvalue weighted by atomic mass is 16.5. The Labute approximate surface area is 154 Å². The van der Waals surface area contributed by atoms with Gasteiger partial charge in [0.1, 0.15) is 0 Å². The van der Waals surface area contributed by atoms with Gasteiger partial charge in [0, 0.05) is 32.0 Å². The maximum Gasteiger partial charge on any atom is 0.227 e. The van der Waals surface area contributed by atoms with Gasteiger partial charge in [0.2, 0.25) is 5.89 Å². The van der Waals surface area contributed by atoms with Gasteiger partial charge in [0.05, 0.1) is 6.04 Å². The minimum absolute atomic E-state index is 0.174. The molecule has 0 bridgehead atoms. The van der Waals surface area contributed by atoms with E-state index in [1.54, 1.807) is 0 Å². The Balaban J connectivity index is 1.59. The van der Waals surface area contributed by atoms with Gasteiger partial charge in [0.15, 0.2) is 5.82 Å². The second-order valence-corrected chi connectivity index (χ2v) is 6.82. The monoisotopic (exact) mass is 348 g/mol. The zero-order valence-corrected chi connectivity index (χ0v) is 15.0. The molecule has 0 amide bonds. The third-order valence-corrected chi connectivity index (χ3v) is 5.08. The first-order valence-electron chi connectivity index (χ1n) is 9.14. The molecule has 0 saturated carbocycles. The van der Waals surface area contributed by atoms with Crippen LogP contribution in [0.15, 0.2) is 65.2 Å². The van der Waals surface area contributed by atoms with Gasteiger partial charge in [-0.15, -0.1) is 0 Å². The lowest BCUT2D eigenvalue weighted by molar-refractivity contribution is 0.190. The molecule has 1 atom stereocenters. The topological polar surface area (TPSA) is 54.2 Å². The zero-order chi connectivity index (χ0) is 17.8. The normalized spacial score (nSPS) is 18.3. The molecule has 1 N–H and O–H groups in total. The fraction of sp³-hybridized carbons (Fsp3) is 0.333. The van der Waals surface area contributed by atoms with Gasteiger partial charge in [0.25, 0.3) is 0 Å². The highest BCUT2D eigenvalue weighted by Gasteiger charge is 2.26. The number of nitrogens with one attached hydrogen (secondary N) is 1. The second-order valence-electron chi connectivity index (χ2n) is 6.82. The van der Waals surface area contributed by atoms with Crippen molar-refractivity contribution in [1.29, 1.82) is 0 Å². The largest absolute Gasteiger partial charge is 0.339 e. The summed E-state index contributed by atoms with van der Waals surface area (Å²) in [6, 6.07) is 21.2. The number of benzene rings is 2. The van der Waals surface area contributed by atoms with Gasteiger partial charge in [-0.3, -0.25) is 4.90 Å². The average molecular weight is 348 g/mol. The maximum atomic E-state index is 5.62. The van der Waals surface area contributed by atoms with Gasteiger partial charge in [-0.2, -0.15) is 4.98 Å². The van der Waals surface area contributed by atoms with E-state index in [0.29, 0.717) is 12.3 Å². The summed E-state index contributed by atoms with van der Waals surface area (Å²) in [7, 11) is 2.11. The van der Waals surface area contributed by atoms with Crippen molar-refractivity contribution in [3.8, 4) is 0 Å². The van der Waals surface area contributed by atoms with Gasteiger partial charge >= 0.3 is 0 Å². The van der Waals surface area contributed by atoms with E-state index in [-0.39, 0.29) is 12.0 Å². The van der Waals surface area contributed by atoms with Crippen LogP contribution < -0.4 is 5.32 Å². The molecule has 0 aliphatic carbocycles. The van der Waals surface area contributed by atoms with Crippen molar-refractivity contribution in [2.75, 3.05) is 26.7 Å². The molecular weight excluding hydrogens is 324 g/mol. The van der Waals surface area contributed by atoms with Gasteiger partial charge < -0.3 is 9.84 Å². The number of hydrogen-bond donors (Lipinski definition) is 1. The number of hydrogen-bond acceptors (Lipinski definition) is 5. The molecule has 0 spiro atoms. The summed E-state index contributed by atoms with van der Waals surface area (Å²) < 4.78 is 5.62. The van der Waals surface area contributed by atoms with E-state index in [1.165, 1.54) is 11.1 Å². The number of rotatable bonds is 5. The Kier molecular flexibility index (Phi) is 5.09. The standard InChI is InChI=1S/C21H24N4O/c1-25-13-12-22-15-19(25)21-23-20(26-24-21)14-18(16-8-4-2-5-9-16)17-10-6-3-7-11-17/h2-11,18-19,22H,12-15H2,1H3. The zero-order valence-electron chi connectivity index (χ0n) is 15.0. The predicted molar refractivity (Wildman–Crippen MR) is 101 cm³/mol. The molecule has 1 aliphatic rings. The van der Waals surface area contributed by atoms with Crippen molar-refractivity contribution in [3.05, 3.63) is 83.5 Å². The van der Waals surface area contributed by atoms with Crippen LogP contribution in [0.3, 0.4) is 0 Å². The van der Waals surface area contributed by atoms with E-state index < -0.39 is 0 Å². The summed E-state index contributed by atoms with van der Waals surface area (Å²) in [5.74, 6) is 1.67. The lowest BCUT2D eigenvalue weighted by atomic mass is 9.88. The fourth-order valence-corrected chi connectivity index (χ4v) is 3.55. The third kappa shape index (κ3) is 3.69. The molecule has 2 aromatic carbocycles. The molecule has 26 heavy (non-hydrogen) atoms. The Morgan fingerprint density at radius 1 is 1.08 bits per heavy atom. The van der Waals surface area contributed by atoms with Crippen LogP contribution in [0.25, 0.3) is 0 Å². The summed E-state index contributed by atoms with van der Waals surface area (Å²) >= 11 is 0. The van der Waals surface area contributed by atoms with Crippen LogP contribution in [-0.2, 0) is 6.42 Å². The number of nitrogens with zero attached hydrogens (tertiary/aromatic N) is 3. The van der Waals surface area contributed by atoms with Crippen molar-refractivity contribution in [2.45, 2.75) is 18.4 Å². The van der Waals surface area contributed by atoms with E-state index in [0.717, 1.165) is 25.5 Å². The molecule has 1 unspecified atom stereocenters. The predicted octanol–water partition coefficient (Wildman–Crippen LogP) is 3.02. The van der Waals surface area contributed by atoms with E-state index in [9.17, 15) is 0 Å². The molecule has 3 aromatic rings. The molecule has 0 radical (unpaired) electrons. The Morgan fingerprint density at radius 2 is 1.73 bits per heavy atom. The summed E-state index contributed by atoms with van der Waals surface area (Å²) in [6.07, 6.45) is 0.699. The van der Waals surface area contributed by atoms with Crippen LogP contribution in [0.1, 0.15) is 34.8 Å². The van der Waals surface area contributed by atoms with Crippen LogP contribution >= 0.6 is 0 Å². The van der Waals surface area contributed by atoms with Gasteiger partial charge in [-0.05, 0) is 18.2 Å². The second kappa shape index (κ2) is 7.81. The van der Waals surface area contributed by atoms with E-state index in [4.69, 9.17) is 9.51 Å². The van der Waals surface area contributed by atoms with Crippen LogP contribution in [-0.4, -0.2) is 41.7 Å². The smallest absolute Gasteiger partial charge is 0.227 e. The summed E-state index contributed by atoms with van der Waals surface area (Å²) in [5.41, 5.74) is 2.52. The van der Waals surface area contributed by atoms with Crippen LogP contribution in [0, 0.1) is 0 Å². The fourth-order valence-electron chi connectivity index (χ4n) is 3.55. The molecular formula is C21H24N4O. The minimum atomic E-state index is 0.174. The van der Waals surface area contributed by atoms with Gasteiger partial charge in [-0.25, -0.2) is 0 Å². The van der Waals surface area contributed by atoms with Crippen molar-refractivity contribution in [1.82, 2.24) is 20.4 Å². The van der Waals surface area contributed by atoms with E-state index in [1.807, 2.05) is 12.1 Å². The highest BCUT2D eigenvalue weighted by molar-refractivity contribution is 5.33. The number of piperazine rings is 1. The maximum absolute atomic E-state index is 5.62. The molecule has 4 rings (SSSR count). The Morgan fingerprint density at radius 3 is 2.35 bits per heavy atom. The van der Waals surface area contributed by atoms with Crippen LogP contribution in [0.4, 0.5) is 0 Å². The molecule has 1 fully saturated rings. The SMILES string of the molecule is CN1CCNCC1c1noc(CC(c2ccccc2)c2ccccc2)n1. The van der Waals surface area contributed by atoms with Crippen LogP contribution in [0.5, 0.6) is 0 Å². The van der Waals surface area contributed by atoms with E-state index >= 15 is 0 Å². The Hall–Kier alpha value is -2.50. The molecule has 5 heteroatoms. The first kappa shape index (κ1) is 16.9. The Bertz CT molecular complexity index is 779. The number of likely N-dealkylation sites (N-methyl/N-ethyl adjacent to an activating group) is 1. The summed E-state index contributed by atoms with van der Waals surface area (Å²) in [6.45, 7) is 2.85. The molecule has 1 saturated heterocycles. The highest BCUT2D eigenvalue weighted by Crippen LogP contribution is 2.28. The lowest BCUT2D eigenvalue weighted by Gasteiger charge is -2.30. The molecule has 1 aliphatic heterocycles. The molecule has 2 heterocycles. The average Bonchev–Trinajstić information content (AvgIpc) is 3.16. The first-order valence-corrected chi connectivity index (χ1v) is 9.14. The van der Waals surface area contributed by atoms with Crippen molar-refractivity contribution in [2.24, 2.45) is 0 Å². The summed E-state index contributed by atoms with van der Waals surface area (Å²) in [5, 5.41) is 7.67. The van der Waals surface area contributed by atoms with Crippen LogP contribution in [0.2, 0.25) is 0 Å². The van der Waals surface area contributed by atoms with Gasteiger partial charge in [-0.1, -0.05) is 65.8 Å². The molecule has 134 valence electrons. The van der Waals surface area contributed by atoms with Crippen molar-refractivity contribution < 1.29 is 4.52 Å². The van der Waals surface area contributed by atoms with E-state index in [2.05, 4.69) is 71.0 Å². The third-order valence-electron chi connectivity index (χ3n) is 5.08. The first-order chi connectivity index (χ1) is 12.8. The summed E-state index contributed by atoms with van der Waals surface area (Å²) in [4.78, 5) is 6.99. The lowest BCUT2D eigenvalue weighted by Crippen LogP contribution is -2.44. The minimum Gasteiger partial charge on any atom is -0.339 e. The van der Waals surface area contributed by atoms with Crippen molar-refractivity contribution in [3.63, 3.8) is 0 Å². The quantitative estimate of drug-likeness (QED) is 0.768. The van der Waals surface area contributed by atoms with Crippen molar-refractivity contribution >= 4 is 0 Å². The number of aromatic nitrogens is 2. The molecule has 5 nitrogen and oxygen atoms in total. The molecule has 1 aromatic heterocycles.